The Morgan fingerprint density at radius 2 is 1.77 bits per heavy atom. The lowest BCUT2D eigenvalue weighted by Gasteiger charge is -2.28. The standard InChI is InChI=1S/C23H27N5O2/c29-20-6-4-5-19(20)28-21(30)12-7-16-15-24-23(26-22(16)28)25-17-8-10-18(11-9-17)27-13-2-1-3-14-27/h7-12,15,19-20,29H,1-6,13-14H2,(H,24,25,26). The summed E-state index contributed by atoms with van der Waals surface area (Å²) < 4.78 is 1.64. The number of piperidine rings is 1. The van der Waals surface area contributed by atoms with E-state index in [9.17, 15) is 9.90 Å². The normalized spacial score (nSPS) is 21.8. The molecular formula is C23H27N5O2. The van der Waals surface area contributed by atoms with E-state index in [1.54, 1.807) is 16.8 Å². The van der Waals surface area contributed by atoms with E-state index in [4.69, 9.17) is 0 Å². The Labute approximate surface area is 175 Å². The van der Waals surface area contributed by atoms with Gasteiger partial charge in [0.15, 0.2) is 0 Å². The zero-order valence-electron chi connectivity index (χ0n) is 17.0. The molecule has 2 aliphatic rings. The minimum Gasteiger partial charge on any atom is -0.391 e. The maximum atomic E-state index is 12.6. The van der Waals surface area contributed by atoms with Crippen molar-refractivity contribution in [1.29, 1.82) is 0 Å². The highest BCUT2D eigenvalue weighted by Crippen LogP contribution is 2.31. The molecule has 1 aliphatic heterocycles. The number of fused-ring (bicyclic) bond motifs is 1. The third-order valence-electron chi connectivity index (χ3n) is 6.29. The predicted octanol–water partition coefficient (Wildman–Crippen LogP) is 3.61. The van der Waals surface area contributed by atoms with Crippen LogP contribution in [0, 0.1) is 0 Å². The average molecular weight is 406 g/mol. The number of aliphatic hydroxyl groups is 1. The highest BCUT2D eigenvalue weighted by molar-refractivity contribution is 5.76. The van der Waals surface area contributed by atoms with Crippen LogP contribution in [0.15, 0.2) is 47.4 Å². The van der Waals surface area contributed by atoms with Crippen molar-refractivity contribution in [1.82, 2.24) is 14.5 Å². The number of nitrogens with one attached hydrogen (secondary N) is 1. The number of anilines is 3. The Morgan fingerprint density at radius 3 is 2.50 bits per heavy atom. The van der Waals surface area contributed by atoms with Crippen LogP contribution in [-0.2, 0) is 0 Å². The first kappa shape index (κ1) is 19.1. The monoisotopic (exact) mass is 405 g/mol. The highest BCUT2D eigenvalue weighted by Gasteiger charge is 2.29. The largest absolute Gasteiger partial charge is 0.391 e. The molecule has 1 aromatic carbocycles. The fourth-order valence-corrected chi connectivity index (χ4v) is 4.68. The van der Waals surface area contributed by atoms with E-state index >= 15 is 0 Å². The van der Waals surface area contributed by atoms with Gasteiger partial charge in [-0.1, -0.05) is 0 Å². The molecule has 3 aromatic rings. The van der Waals surface area contributed by atoms with Gasteiger partial charge in [0.05, 0.1) is 12.1 Å². The van der Waals surface area contributed by atoms with Crippen LogP contribution >= 0.6 is 0 Å². The van der Waals surface area contributed by atoms with Crippen LogP contribution in [0.5, 0.6) is 0 Å². The third-order valence-corrected chi connectivity index (χ3v) is 6.29. The SMILES string of the molecule is O=c1ccc2cnc(Nc3ccc(N4CCCCC4)cc3)nc2n1C1CCCC1O. The van der Waals surface area contributed by atoms with Crippen molar-refractivity contribution in [3.8, 4) is 0 Å². The van der Waals surface area contributed by atoms with Gasteiger partial charge in [-0.3, -0.25) is 9.36 Å². The Hall–Kier alpha value is -2.93. The number of aliphatic hydroxyl groups excluding tert-OH is 1. The second kappa shape index (κ2) is 8.07. The predicted molar refractivity (Wildman–Crippen MR) is 118 cm³/mol. The van der Waals surface area contributed by atoms with Gasteiger partial charge in [0.2, 0.25) is 5.95 Å². The number of hydrogen-bond acceptors (Lipinski definition) is 6. The molecule has 2 unspecified atom stereocenters. The molecule has 30 heavy (non-hydrogen) atoms. The fraction of sp³-hybridized carbons (Fsp3) is 0.435. The summed E-state index contributed by atoms with van der Waals surface area (Å²) in [5, 5.41) is 14.4. The lowest BCUT2D eigenvalue weighted by molar-refractivity contribution is 0.136. The molecule has 7 heteroatoms. The maximum absolute atomic E-state index is 12.6. The molecule has 0 bridgehead atoms. The molecule has 156 valence electrons. The van der Waals surface area contributed by atoms with Crippen molar-refractivity contribution >= 4 is 28.4 Å². The summed E-state index contributed by atoms with van der Waals surface area (Å²) in [7, 11) is 0. The second-order valence-electron chi connectivity index (χ2n) is 8.30. The number of benzene rings is 1. The summed E-state index contributed by atoms with van der Waals surface area (Å²) in [6, 6.07) is 11.4. The van der Waals surface area contributed by atoms with Crippen LogP contribution in [0.2, 0.25) is 0 Å². The first-order valence-corrected chi connectivity index (χ1v) is 10.9. The van der Waals surface area contributed by atoms with Gasteiger partial charge in [-0.05, 0) is 68.9 Å². The minimum atomic E-state index is -0.512. The summed E-state index contributed by atoms with van der Waals surface area (Å²) in [6.45, 7) is 2.23. The Kier molecular flexibility index (Phi) is 5.12. The van der Waals surface area contributed by atoms with Crippen LogP contribution in [0.4, 0.5) is 17.3 Å². The Balaban J connectivity index is 1.43. The molecule has 2 aromatic heterocycles. The summed E-state index contributed by atoms with van der Waals surface area (Å²) in [5.41, 5.74) is 2.57. The van der Waals surface area contributed by atoms with Crippen molar-refractivity contribution in [2.45, 2.75) is 50.7 Å². The van der Waals surface area contributed by atoms with Crippen molar-refractivity contribution < 1.29 is 5.11 Å². The molecular weight excluding hydrogens is 378 g/mol. The van der Waals surface area contributed by atoms with Crippen LogP contribution < -0.4 is 15.8 Å². The number of rotatable bonds is 4. The van der Waals surface area contributed by atoms with Gasteiger partial charge < -0.3 is 15.3 Å². The summed E-state index contributed by atoms with van der Waals surface area (Å²) in [6.07, 6.45) is 7.45. The Bertz CT molecular complexity index is 1090. The van der Waals surface area contributed by atoms with E-state index in [0.29, 0.717) is 18.0 Å². The van der Waals surface area contributed by atoms with Crippen LogP contribution in [0.1, 0.15) is 44.6 Å². The third kappa shape index (κ3) is 3.65. The Morgan fingerprint density at radius 1 is 0.967 bits per heavy atom. The molecule has 0 spiro atoms. The van der Waals surface area contributed by atoms with Gasteiger partial charge >= 0.3 is 0 Å². The molecule has 2 fully saturated rings. The zero-order chi connectivity index (χ0) is 20.5. The molecule has 1 saturated carbocycles. The quantitative estimate of drug-likeness (QED) is 0.690. The minimum absolute atomic E-state index is 0.135. The van der Waals surface area contributed by atoms with Crippen LogP contribution in [-0.4, -0.2) is 38.8 Å². The van der Waals surface area contributed by atoms with E-state index in [2.05, 4.69) is 32.3 Å². The molecule has 0 radical (unpaired) electrons. The van der Waals surface area contributed by atoms with Gasteiger partial charge in [-0.15, -0.1) is 0 Å². The molecule has 5 rings (SSSR count). The van der Waals surface area contributed by atoms with E-state index in [1.165, 1.54) is 31.0 Å². The van der Waals surface area contributed by atoms with Gasteiger partial charge in [-0.2, -0.15) is 4.98 Å². The molecule has 3 heterocycles. The van der Waals surface area contributed by atoms with Gasteiger partial charge in [0, 0.05) is 42.1 Å². The van der Waals surface area contributed by atoms with Gasteiger partial charge in [-0.25, -0.2) is 4.98 Å². The molecule has 0 amide bonds. The van der Waals surface area contributed by atoms with E-state index in [-0.39, 0.29) is 11.6 Å². The maximum Gasteiger partial charge on any atom is 0.252 e. The number of aromatic nitrogens is 3. The first-order valence-electron chi connectivity index (χ1n) is 10.9. The van der Waals surface area contributed by atoms with E-state index in [0.717, 1.165) is 37.0 Å². The topological polar surface area (TPSA) is 83.3 Å². The van der Waals surface area contributed by atoms with Gasteiger partial charge in [0.1, 0.15) is 5.65 Å². The van der Waals surface area contributed by atoms with Crippen molar-refractivity contribution in [2.75, 3.05) is 23.3 Å². The molecule has 1 aliphatic carbocycles. The highest BCUT2D eigenvalue weighted by atomic mass is 16.3. The zero-order valence-corrected chi connectivity index (χ0v) is 17.0. The molecule has 1 saturated heterocycles. The van der Waals surface area contributed by atoms with Gasteiger partial charge in [0.25, 0.3) is 5.56 Å². The number of hydrogen-bond donors (Lipinski definition) is 2. The second-order valence-corrected chi connectivity index (χ2v) is 8.30. The smallest absolute Gasteiger partial charge is 0.252 e. The molecule has 2 atom stereocenters. The summed E-state index contributed by atoms with van der Waals surface area (Å²) in [5.74, 6) is 0.444. The van der Waals surface area contributed by atoms with Crippen LogP contribution in [0.3, 0.4) is 0 Å². The lowest BCUT2D eigenvalue weighted by atomic mass is 10.1. The van der Waals surface area contributed by atoms with Crippen LogP contribution in [0.25, 0.3) is 11.0 Å². The summed E-state index contributed by atoms with van der Waals surface area (Å²) >= 11 is 0. The first-order chi connectivity index (χ1) is 14.7. The fourth-order valence-electron chi connectivity index (χ4n) is 4.68. The van der Waals surface area contributed by atoms with E-state index in [1.807, 2.05) is 12.1 Å². The van der Waals surface area contributed by atoms with E-state index < -0.39 is 6.10 Å². The average Bonchev–Trinajstić information content (AvgIpc) is 3.20. The van der Waals surface area contributed by atoms with Crippen molar-refractivity contribution in [3.05, 3.63) is 52.9 Å². The molecule has 7 nitrogen and oxygen atoms in total. The lowest BCUT2D eigenvalue weighted by Crippen LogP contribution is -2.29. The van der Waals surface area contributed by atoms with Crippen molar-refractivity contribution in [3.63, 3.8) is 0 Å². The number of nitrogens with zero attached hydrogens (tertiary/aromatic N) is 4. The number of pyridine rings is 1. The van der Waals surface area contributed by atoms with Crippen molar-refractivity contribution in [2.24, 2.45) is 0 Å². The molecule has 2 N–H and O–H groups in total. The summed E-state index contributed by atoms with van der Waals surface area (Å²) in [4.78, 5) is 24.1.